The van der Waals surface area contributed by atoms with Crippen LogP contribution in [0.2, 0.25) is 0 Å². The molecule has 1 aliphatic heterocycles. The predicted molar refractivity (Wildman–Crippen MR) is 98.4 cm³/mol. The molecular formula is C20H23NO5. The molecule has 26 heavy (non-hydrogen) atoms. The molecule has 1 aliphatic rings. The molecule has 1 heterocycles. The van der Waals surface area contributed by atoms with Crippen molar-refractivity contribution >= 4 is 11.6 Å². The number of para-hydroxylation sites is 1. The first-order valence-corrected chi connectivity index (χ1v) is 8.57. The van der Waals surface area contributed by atoms with E-state index in [2.05, 4.69) is 5.32 Å². The molecule has 0 radical (unpaired) electrons. The molecule has 1 saturated heterocycles. The Morgan fingerprint density at radius 3 is 2.54 bits per heavy atom. The predicted octanol–water partition coefficient (Wildman–Crippen LogP) is 3.51. The van der Waals surface area contributed by atoms with Gasteiger partial charge < -0.3 is 24.3 Å². The minimum absolute atomic E-state index is 0.0914. The van der Waals surface area contributed by atoms with Crippen LogP contribution in [0.4, 0.5) is 5.69 Å². The number of anilines is 1. The zero-order valence-corrected chi connectivity index (χ0v) is 15.0. The second kappa shape index (κ2) is 8.58. The van der Waals surface area contributed by atoms with Crippen LogP contribution in [-0.4, -0.2) is 39.4 Å². The highest BCUT2D eigenvalue weighted by Gasteiger charge is 2.18. The van der Waals surface area contributed by atoms with Crippen LogP contribution in [0.25, 0.3) is 0 Å². The van der Waals surface area contributed by atoms with Crippen molar-refractivity contribution < 1.29 is 23.7 Å². The number of ether oxygens (including phenoxy) is 4. The van der Waals surface area contributed by atoms with Crippen LogP contribution >= 0.6 is 0 Å². The molecule has 1 fully saturated rings. The van der Waals surface area contributed by atoms with Gasteiger partial charge in [0.1, 0.15) is 23.9 Å². The molecular weight excluding hydrogens is 334 g/mol. The molecule has 0 aromatic heterocycles. The normalized spacial score (nSPS) is 16.2. The van der Waals surface area contributed by atoms with Gasteiger partial charge in [0.25, 0.3) is 5.91 Å². The monoisotopic (exact) mass is 357 g/mol. The molecule has 6 heteroatoms. The number of nitrogens with one attached hydrogen (secondary N) is 1. The average Bonchev–Trinajstić information content (AvgIpc) is 3.19. The van der Waals surface area contributed by atoms with E-state index in [9.17, 15) is 4.79 Å². The van der Waals surface area contributed by atoms with Gasteiger partial charge >= 0.3 is 0 Å². The molecule has 0 bridgehead atoms. The quantitative estimate of drug-likeness (QED) is 0.821. The highest BCUT2D eigenvalue weighted by atomic mass is 16.5. The fraction of sp³-hybridized carbons (Fsp3) is 0.350. The molecule has 0 spiro atoms. The second-order valence-corrected chi connectivity index (χ2v) is 6.00. The first kappa shape index (κ1) is 18.1. The Morgan fingerprint density at radius 1 is 1.15 bits per heavy atom. The van der Waals surface area contributed by atoms with Gasteiger partial charge in [-0.25, -0.2) is 0 Å². The third-order valence-corrected chi connectivity index (χ3v) is 4.19. The van der Waals surface area contributed by atoms with Crippen LogP contribution in [-0.2, 0) is 4.74 Å². The Balaban J connectivity index is 1.73. The minimum atomic E-state index is -0.261. The SMILES string of the molecule is COc1cc(NC(=O)c2ccccc2OCC2CCCO2)cc(OC)c1. The van der Waals surface area contributed by atoms with E-state index in [4.69, 9.17) is 18.9 Å². The first-order valence-electron chi connectivity index (χ1n) is 8.57. The number of hydrogen-bond donors (Lipinski definition) is 1. The summed E-state index contributed by atoms with van der Waals surface area (Å²) < 4.78 is 21.9. The van der Waals surface area contributed by atoms with E-state index < -0.39 is 0 Å². The van der Waals surface area contributed by atoms with Crippen molar-refractivity contribution in [1.82, 2.24) is 0 Å². The zero-order chi connectivity index (χ0) is 18.4. The van der Waals surface area contributed by atoms with E-state index in [0.29, 0.717) is 35.1 Å². The summed E-state index contributed by atoms with van der Waals surface area (Å²) in [6, 6.07) is 12.4. The second-order valence-electron chi connectivity index (χ2n) is 6.00. The summed E-state index contributed by atoms with van der Waals surface area (Å²) in [5.41, 5.74) is 1.05. The molecule has 2 aromatic rings. The molecule has 2 aromatic carbocycles. The molecule has 1 amide bonds. The van der Waals surface area contributed by atoms with Gasteiger partial charge in [-0.05, 0) is 25.0 Å². The van der Waals surface area contributed by atoms with Gasteiger partial charge in [-0.3, -0.25) is 4.79 Å². The zero-order valence-electron chi connectivity index (χ0n) is 15.0. The van der Waals surface area contributed by atoms with Crippen LogP contribution in [0, 0.1) is 0 Å². The van der Waals surface area contributed by atoms with Crippen LogP contribution in [0.1, 0.15) is 23.2 Å². The largest absolute Gasteiger partial charge is 0.497 e. The number of benzene rings is 2. The van der Waals surface area contributed by atoms with E-state index >= 15 is 0 Å². The standard InChI is InChI=1S/C20H23NO5/c1-23-16-10-14(11-17(12-16)24-2)21-20(22)18-7-3-4-8-19(18)26-13-15-6-5-9-25-15/h3-4,7-8,10-12,15H,5-6,9,13H2,1-2H3,(H,21,22). The van der Waals surface area contributed by atoms with Crippen molar-refractivity contribution in [3.05, 3.63) is 48.0 Å². The van der Waals surface area contributed by atoms with Gasteiger partial charge in [0.2, 0.25) is 0 Å². The van der Waals surface area contributed by atoms with E-state index in [1.54, 1.807) is 50.6 Å². The highest BCUT2D eigenvalue weighted by molar-refractivity contribution is 6.06. The minimum Gasteiger partial charge on any atom is -0.497 e. The first-order chi connectivity index (χ1) is 12.7. The summed E-state index contributed by atoms with van der Waals surface area (Å²) >= 11 is 0. The number of methoxy groups -OCH3 is 2. The molecule has 1 N–H and O–H groups in total. The van der Waals surface area contributed by atoms with Crippen molar-refractivity contribution in [3.8, 4) is 17.2 Å². The molecule has 138 valence electrons. The van der Waals surface area contributed by atoms with Crippen molar-refractivity contribution in [2.24, 2.45) is 0 Å². The number of carbonyl (C=O) groups is 1. The van der Waals surface area contributed by atoms with E-state index in [1.807, 2.05) is 6.07 Å². The van der Waals surface area contributed by atoms with Crippen molar-refractivity contribution in [3.63, 3.8) is 0 Å². The maximum atomic E-state index is 12.7. The highest BCUT2D eigenvalue weighted by Crippen LogP contribution is 2.27. The van der Waals surface area contributed by atoms with Gasteiger partial charge in [-0.1, -0.05) is 12.1 Å². The lowest BCUT2D eigenvalue weighted by molar-refractivity contribution is 0.0673. The molecule has 1 atom stereocenters. The summed E-state index contributed by atoms with van der Waals surface area (Å²) in [7, 11) is 3.13. The van der Waals surface area contributed by atoms with Crippen LogP contribution in [0.5, 0.6) is 17.2 Å². The molecule has 6 nitrogen and oxygen atoms in total. The fourth-order valence-electron chi connectivity index (χ4n) is 2.82. The van der Waals surface area contributed by atoms with E-state index in [-0.39, 0.29) is 12.0 Å². The van der Waals surface area contributed by atoms with Gasteiger partial charge in [0.15, 0.2) is 0 Å². The summed E-state index contributed by atoms with van der Waals surface area (Å²) in [5, 5.41) is 2.87. The smallest absolute Gasteiger partial charge is 0.259 e. The maximum absolute atomic E-state index is 12.7. The number of rotatable bonds is 7. The van der Waals surface area contributed by atoms with E-state index in [1.165, 1.54) is 0 Å². The Kier molecular flexibility index (Phi) is 5.96. The van der Waals surface area contributed by atoms with Crippen molar-refractivity contribution in [1.29, 1.82) is 0 Å². The van der Waals surface area contributed by atoms with Crippen molar-refractivity contribution in [2.45, 2.75) is 18.9 Å². The lowest BCUT2D eigenvalue weighted by atomic mass is 10.1. The Bertz CT molecular complexity index is 733. The fourth-order valence-corrected chi connectivity index (χ4v) is 2.82. The lowest BCUT2D eigenvalue weighted by Gasteiger charge is -2.15. The summed E-state index contributed by atoms with van der Waals surface area (Å²) in [6.45, 7) is 1.21. The number of carbonyl (C=O) groups excluding carboxylic acids is 1. The number of hydrogen-bond acceptors (Lipinski definition) is 5. The van der Waals surface area contributed by atoms with Crippen LogP contribution in [0.3, 0.4) is 0 Å². The van der Waals surface area contributed by atoms with Gasteiger partial charge in [0.05, 0.1) is 25.9 Å². The number of amides is 1. The molecule has 0 aliphatic carbocycles. The summed E-state index contributed by atoms with van der Waals surface area (Å²) in [4.78, 5) is 12.7. The topological polar surface area (TPSA) is 66.0 Å². The molecule has 3 rings (SSSR count). The van der Waals surface area contributed by atoms with E-state index in [0.717, 1.165) is 19.4 Å². The Morgan fingerprint density at radius 2 is 1.88 bits per heavy atom. The average molecular weight is 357 g/mol. The van der Waals surface area contributed by atoms with Gasteiger partial charge in [0, 0.05) is 30.5 Å². The third-order valence-electron chi connectivity index (χ3n) is 4.19. The van der Waals surface area contributed by atoms with Crippen LogP contribution < -0.4 is 19.5 Å². The van der Waals surface area contributed by atoms with Crippen LogP contribution in [0.15, 0.2) is 42.5 Å². The lowest BCUT2D eigenvalue weighted by Crippen LogP contribution is -2.19. The van der Waals surface area contributed by atoms with Crippen molar-refractivity contribution in [2.75, 3.05) is 32.8 Å². The molecule has 1 unspecified atom stereocenters. The van der Waals surface area contributed by atoms with Gasteiger partial charge in [-0.15, -0.1) is 0 Å². The molecule has 0 saturated carbocycles. The van der Waals surface area contributed by atoms with Gasteiger partial charge in [-0.2, -0.15) is 0 Å². The Labute approximate surface area is 153 Å². The maximum Gasteiger partial charge on any atom is 0.259 e. The summed E-state index contributed by atoms with van der Waals surface area (Å²) in [6.07, 6.45) is 2.12. The Hall–Kier alpha value is -2.73. The summed E-state index contributed by atoms with van der Waals surface area (Å²) in [5.74, 6) is 1.48. The third kappa shape index (κ3) is 4.46.